The van der Waals surface area contributed by atoms with Crippen molar-refractivity contribution in [2.24, 2.45) is 4.99 Å². The molecule has 3 nitrogen and oxygen atoms in total. The van der Waals surface area contributed by atoms with Crippen LogP contribution < -0.4 is 10.6 Å². The van der Waals surface area contributed by atoms with Crippen molar-refractivity contribution in [2.45, 2.75) is 31.5 Å². The summed E-state index contributed by atoms with van der Waals surface area (Å²) >= 11 is 0. The minimum atomic E-state index is 0. The number of benzene rings is 1. The van der Waals surface area contributed by atoms with E-state index in [1.54, 1.807) is 6.34 Å². The Kier molecular flexibility index (Phi) is 4.02. The Labute approximate surface area is 108 Å². The van der Waals surface area contributed by atoms with Gasteiger partial charge in [0.1, 0.15) is 0 Å². The van der Waals surface area contributed by atoms with Crippen molar-refractivity contribution in [3.63, 3.8) is 0 Å². The van der Waals surface area contributed by atoms with Crippen molar-refractivity contribution in [2.75, 3.05) is 6.54 Å². The van der Waals surface area contributed by atoms with E-state index in [0.717, 1.165) is 6.54 Å². The monoisotopic (exact) mass is 251 g/mol. The van der Waals surface area contributed by atoms with Gasteiger partial charge in [-0.15, -0.1) is 12.4 Å². The lowest BCUT2D eigenvalue weighted by Crippen LogP contribution is -2.43. The highest BCUT2D eigenvalue weighted by molar-refractivity contribution is 5.85. The Hall–Kier alpha value is -1.06. The molecule has 2 unspecified atom stereocenters. The maximum atomic E-state index is 4.19. The molecule has 0 saturated heterocycles. The Morgan fingerprint density at radius 3 is 3.00 bits per heavy atom. The second kappa shape index (κ2) is 5.52. The molecule has 92 valence electrons. The summed E-state index contributed by atoms with van der Waals surface area (Å²) in [5.41, 5.74) is 2.98. The summed E-state index contributed by atoms with van der Waals surface area (Å²) in [5.74, 6) is 0. The van der Waals surface area contributed by atoms with Crippen molar-refractivity contribution in [3.8, 4) is 0 Å². The minimum absolute atomic E-state index is 0. The van der Waals surface area contributed by atoms with Gasteiger partial charge in [0.15, 0.2) is 0 Å². The lowest BCUT2D eigenvalue weighted by atomic mass is 9.87. The molecule has 4 heteroatoms. The lowest BCUT2D eigenvalue weighted by Gasteiger charge is -2.28. The van der Waals surface area contributed by atoms with Gasteiger partial charge in [0.25, 0.3) is 0 Å². The predicted molar refractivity (Wildman–Crippen MR) is 72.8 cm³/mol. The summed E-state index contributed by atoms with van der Waals surface area (Å²) in [4.78, 5) is 4.19. The van der Waals surface area contributed by atoms with Crippen LogP contribution in [0.25, 0.3) is 0 Å². The number of halogens is 1. The fraction of sp³-hybridized carbons (Fsp3) is 0.462. The summed E-state index contributed by atoms with van der Waals surface area (Å²) in [6, 6.07) is 9.27. The number of hydrogen-bond acceptors (Lipinski definition) is 3. The molecule has 0 radical (unpaired) electrons. The number of rotatable bonds is 2. The molecule has 3 rings (SSSR count). The number of nitrogens with zero attached hydrogens (tertiary/aromatic N) is 1. The van der Waals surface area contributed by atoms with Gasteiger partial charge in [-0.3, -0.25) is 10.3 Å². The first kappa shape index (κ1) is 12.4. The van der Waals surface area contributed by atoms with Crippen LogP contribution in [0.3, 0.4) is 0 Å². The molecule has 1 aliphatic carbocycles. The first-order chi connectivity index (χ1) is 7.93. The van der Waals surface area contributed by atoms with Gasteiger partial charge in [-0.05, 0) is 30.4 Å². The van der Waals surface area contributed by atoms with Gasteiger partial charge in [0.05, 0.1) is 19.0 Å². The molecule has 0 saturated carbocycles. The van der Waals surface area contributed by atoms with Crippen LogP contribution in [-0.2, 0) is 6.42 Å². The molecule has 2 N–H and O–H groups in total. The van der Waals surface area contributed by atoms with Crippen molar-refractivity contribution in [1.82, 2.24) is 10.6 Å². The van der Waals surface area contributed by atoms with Gasteiger partial charge < -0.3 is 5.32 Å². The molecule has 0 fully saturated rings. The number of aliphatic imine (C=N–C) groups is 1. The van der Waals surface area contributed by atoms with Crippen LogP contribution in [0.15, 0.2) is 29.3 Å². The third kappa shape index (κ3) is 2.61. The van der Waals surface area contributed by atoms with Gasteiger partial charge in [-0.25, -0.2) is 0 Å². The van der Waals surface area contributed by atoms with E-state index >= 15 is 0 Å². The Bertz CT molecular complexity index is 397. The Morgan fingerprint density at radius 2 is 2.18 bits per heavy atom. The van der Waals surface area contributed by atoms with Crippen LogP contribution >= 0.6 is 12.4 Å². The van der Waals surface area contributed by atoms with Crippen LogP contribution in [0.5, 0.6) is 0 Å². The third-order valence-corrected chi connectivity index (χ3v) is 3.43. The van der Waals surface area contributed by atoms with Crippen molar-refractivity contribution in [1.29, 1.82) is 0 Å². The van der Waals surface area contributed by atoms with Gasteiger partial charge in [0.2, 0.25) is 0 Å². The molecule has 0 bridgehead atoms. The van der Waals surface area contributed by atoms with Crippen LogP contribution in [0.1, 0.15) is 30.0 Å². The molecule has 0 amide bonds. The van der Waals surface area contributed by atoms with E-state index in [9.17, 15) is 0 Å². The van der Waals surface area contributed by atoms with E-state index < -0.39 is 0 Å². The zero-order valence-electron chi connectivity index (χ0n) is 9.73. The summed E-state index contributed by atoms with van der Waals surface area (Å²) < 4.78 is 0. The highest BCUT2D eigenvalue weighted by Crippen LogP contribution is 2.29. The highest BCUT2D eigenvalue weighted by Gasteiger charge is 2.22. The first-order valence-corrected chi connectivity index (χ1v) is 6.02. The normalized spacial score (nSPS) is 25.9. The molecule has 17 heavy (non-hydrogen) atoms. The molecular weight excluding hydrogens is 234 g/mol. The summed E-state index contributed by atoms with van der Waals surface area (Å²) in [7, 11) is 0. The zero-order valence-corrected chi connectivity index (χ0v) is 10.5. The molecule has 0 spiro atoms. The summed E-state index contributed by atoms with van der Waals surface area (Å²) in [6.45, 7) is 0.846. The fourth-order valence-corrected chi connectivity index (χ4v) is 2.62. The maximum Gasteiger partial charge on any atom is 0.0981 e. The zero-order chi connectivity index (χ0) is 10.8. The summed E-state index contributed by atoms with van der Waals surface area (Å²) in [5, 5.41) is 6.87. The largest absolute Gasteiger partial charge is 0.359 e. The van der Waals surface area contributed by atoms with E-state index in [0.29, 0.717) is 12.2 Å². The first-order valence-electron chi connectivity index (χ1n) is 6.02. The van der Waals surface area contributed by atoms with Crippen molar-refractivity contribution >= 4 is 18.7 Å². The van der Waals surface area contributed by atoms with E-state index in [1.165, 1.54) is 30.4 Å². The lowest BCUT2D eigenvalue weighted by molar-refractivity contribution is 0.394. The van der Waals surface area contributed by atoms with Crippen LogP contribution in [-0.4, -0.2) is 19.0 Å². The van der Waals surface area contributed by atoms with Crippen LogP contribution in [0.2, 0.25) is 0 Å². The number of hydrogen-bond donors (Lipinski definition) is 2. The van der Waals surface area contributed by atoms with Crippen LogP contribution in [0.4, 0.5) is 0 Å². The van der Waals surface area contributed by atoms with Gasteiger partial charge in [-0.1, -0.05) is 24.3 Å². The summed E-state index contributed by atoms with van der Waals surface area (Å²) in [6.07, 6.45) is 5.85. The molecule has 2 aliphatic rings. The number of aryl methyl sites for hydroxylation is 1. The van der Waals surface area contributed by atoms with E-state index in [2.05, 4.69) is 39.9 Å². The standard InChI is InChI=1S/C13H17N3.ClH/c1-2-6-11-10(4-1)5-3-7-12(11)16-13-8-14-9-15-13;/h1-2,4,6,9,12-13,16H,3,5,7-8H2,(H,14,15);1H. The molecule has 1 heterocycles. The Balaban J connectivity index is 0.00000108. The van der Waals surface area contributed by atoms with Gasteiger partial charge >= 0.3 is 0 Å². The fourth-order valence-electron chi connectivity index (χ4n) is 2.62. The quantitative estimate of drug-likeness (QED) is 0.844. The molecule has 0 aromatic heterocycles. The second-order valence-electron chi connectivity index (χ2n) is 4.52. The van der Waals surface area contributed by atoms with Gasteiger partial charge in [0, 0.05) is 6.04 Å². The van der Waals surface area contributed by atoms with Gasteiger partial charge in [-0.2, -0.15) is 0 Å². The smallest absolute Gasteiger partial charge is 0.0981 e. The number of fused-ring (bicyclic) bond motifs is 1. The van der Waals surface area contributed by atoms with Crippen molar-refractivity contribution in [3.05, 3.63) is 35.4 Å². The van der Waals surface area contributed by atoms with Crippen LogP contribution in [0, 0.1) is 0 Å². The van der Waals surface area contributed by atoms with E-state index in [1.807, 2.05) is 0 Å². The maximum absolute atomic E-state index is 4.19. The van der Waals surface area contributed by atoms with E-state index in [4.69, 9.17) is 0 Å². The average molecular weight is 252 g/mol. The topological polar surface area (TPSA) is 36.4 Å². The molecule has 1 aromatic carbocycles. The molecule has 1 aromatic rings. The highest BCUT2D eigenvalue weighted by atomic mass is 35.5. The number of nitrogens with one attached hydrogen (secondary N) is 2. The van der Waals surface area contributed by atoms with E-state index in [-0.39, 0.29) is 12.4 Å². The third-order valence-electron chi connectivity index (χ3n) is 3.43. The second-order valence-corrected chi connectivity index (χ2v) is 4.52. The minimum Gasteiger partial charge on any atom is -0.359 e. The molecular formula is C13H18ClN3. The predicted octanol–water partition coefficient (Wildman–Crippen LogP) is 2.03. The average Bonchev–Trinajstić information content (AvgIpc) is 2.82. The molecule has 1 aliphatic heterocycles. The Morgan fingerprint density at radius 1 is 1.29 bits per heavy atom. The SMILES string of the molecule is C1=NCC(NC2CCCc3ccccc32)N1.Cl. The molecule has 2 atom stereocenters. The van der Waals surface area contributed by atoms with Crippen molar-refractivity contribution < 1.29 is 0 Å².